The third-order valence-electron chi connectivity index (χ3n) is 16.8. The number of methoxy groups -OCH3 is 3. The average molecular weight is 1270 g/mol. The summed E-state index contributed by atoms with van der Waals surface area (Å²) in [7, 11) is 4.79. The predicted molar refractivity (Wildman–Crippen MR) is 356 cm³/mol. The largest absolute Gasteiger partial charge is 0.497 e. The fraction of sp³-hybridized carbons (Fsp3) is 0.397. The fourth-order valence-corrected chi connectivity index (χ4v) is 14.6. The van der Waals surface area contributed by atoms with Crippen molar-refractivity contribution in [1.82, 2.24) is 25.4 Å². The number of thioether (sulfide) groups is 2. The number of nitrogens with zero attached hydrogens (tertiary/aromatic N) is 5. The summed E-state index contributed by atoms with van der Waals surface area (Å²) in [5, 5.41) is 15.0. The van der Waals surface area contributed by atoms with Crippen molar-refractivity contribution in [3.05, 3.63) is 125 Å². The minimum absolute atomic E-state index is 0.00502. The van der Waals surface area contributed by atoms with Gasteiger partial charge in [-0.25, -0.2) is 4.98 Å². The van der Waals surface area contributed by atoms with E-state index in [1.165, 1.54) is 12.1 Å². The first-order valence-electron chi connectivity index (χ1n) is 30.9. The van der Waals surface area contributed by atoms with E-state index in [1.54, 1.807) is 82.7 Å². The van der Waals surface area contributed by atoms with E-state index in [0.29, 0.717) is 101 Å². The Balaban J connectivity index is 0.650. The Morgan fingerprint density at radius 2 is 1.26 bits per heavy atom. The summed E-state index contributed by atoms with van der Waals surface area (Å²) < 4.78 is 29.3. The minimum Gasteiger partial charge on any atom is -0.497 e. The Morgan fingerprint density at radius 1 is 0.670 bits per heavy atom. The molecular formula is C68H76N10O11S2. The number of hydrogen-bond acceptors (Lipinski definition) is 17. The van der Waals surface area contributed by atoms with Crippen molar-refractivity contribution in [3.8, 4) is 28.7 Å². The van der Waals surface area contributed by atoms with Gasteiger partial charge in [0.05, 0.1) is 63.6 Å². The van der Waals surface area contributed by atoms with Crippen LogP contribution in [-0.4, -0.2) is 143 Å². The van der Waals surface area contributed by atoms with Gasteiger partial charge in [-0.3, -0.25) is 38.8 Å². The van der Waals surface area contributed by atoms with Gasteiger partial charge >= 0.3 is 0 Å². The lowest BCUT2D eigenvalue weighted by atomic mass is 10.00. The molecule has 2 unspecified atom stereocenters. The molecule has 5 N–H and O–H groups in total. The number of hydrogen-bond donors (Lipinski definition) is 5. The van der Waals surface area contributed by atoms with Crippen LogP contribution in [0.3, 0.4) is 0 Å². The summed E-state index contributed by atoms with van der Waals surface area (Å²) in [6.07, 6.45) is 14.6. The van der Waals surface area contributed by atoms with Gasteiger partial charge in [0.1, 0.15) is 29.5 Å². The summed E-state index contributed by atoms with van der Waals surface area (Å²) in [4.78, 5) is 99.3. The van der Waals surface area contributed by atoms with Crippen LogP contribution in [0, 0.1) is 5.92 Å². The van der Waals surface area contributed by atoms with Gasteiger partial charge in [0.15, 0.2) is 23.0 Å². The molecule has 6 aliphatic rings. The number of aliphatic imine (C=N–C) groups is 2. The number of aromatic nitrogens is 1. The fourth-order valence-electron chi connectivity index (χ4n) is 11.8. The number of pyridine rings is 1. The van der Waals surface area contributed by atoms with Crippen LogP contribution in [0.5, 0.6) is 28.7 Å². The number of carbonyl (C=O) groups excluding carboxylic acids is 6. The van der Waals surface area contributed by atoms with Gasteiger partial charge in [-0.2, -0.15) is 23.5 Å². The minimum atomic E-state index is -1.04. The smallest absolute Gasteiger partial charge is 0.260 e. The van der Waals surface area contributed by atoms with Crippen molar-refractivity contribution in [2.24, 2.45) is 15.9 Å². The number of rotatable bonds is 18. The first kappa shape index (κ1) is 63.7. The zero-order valence-corrected chi connectivity index (χ0v) is 53.5. The Hall–Kier alpha value is -8.83. The van der Waals surface area contributed by atoms with Gasteiger partial charge in [0, 0.05) is 108 Å². The normalized spacial score (nSPS) is 20.1. The van der Waals surface area contributed by atoms with Crippen molar-refractivity contribution in [3.63, 3.8) is 0 Å². The van der Waals surface area contributed by atoms with Gasteiger partial charge in [-0.15, -0.1) is 0 Å². The quantitative estimate of drug-likeness (QED) is 0.0512. The molecule has 476 valence electrons. The number of benzene rings is 4. The zero-order valence-electron chi connectivity index (χ0n) is 51.9. The molecule has 0 radical (unpaired) electrons. The van der Waals surface area contributed by atoms with Crippen LogP contribution in [-0.2, 0) is 25.7 Å². The number of amides is 6. The molecule has 6 amide bonds. The van der Waals surface area contributed by atoms with E-state index in [0.717, 1.165) is 65.0 Å². The van der Waals surface area contributed by atoms with Crippen molar-refractivity contribution in [1.29, 1.82) is 0 Å². The van der Waals surface area contributed by atoms with Crippen LogP contribution in [0.4, 0.5) is 28.7 Å². The van der Waals surface area contributed by atoms with Gasteiger partial charge in [0.2, 0.25) is 23.6 Å². The number of anilines is 3. The zero-order chi connectivity index (χ0) is 63.7. The molecule has 4 aromatic carbocycles. The van der Waals surface area contributed by atoms with Crippen molar-refractivity contribution in [2.45, 2.75) is 120 Å². The predicted octanol–water partition coefficient (Wildman–Crippen LogP) is 10.6. The van der Waals surface area contributed by atoms with Crippen LogP contribution in [0.2, 0.25) is 0 Å². The summed E-state index contributed by atoms with van der Waals surface area (Å²) in [5.41, 5.74) is 7.45. The lowest BCUT2D eigenvalue weighted by molar-refractivity contribution is -0.128. The van der Waals surface area contributed by atoms with Gasteiger partial charge < -0.3 is 60.1 Å². The standard InChI is InChI=1S/C68H76N10O11S2/c1-39(2)64(76-66(82)43-28-60-73-61(29-43)75-63(80)20-24-91-52-10-7-9-51(30-52)90-23-19-62(79)74-60)67(83)71-40(3)65(81)72-47-15-11-41(12-16-47)44-25-48-34-69-54-32-58(56(86-5)27-46(54)37-77(48)36-44)88-21-8-22-89-59-33-55-53(31-57(59)87-6)68(84)78-38-45(26-49(78)35-70-55)42-13-17-50(85-4)18-14-42/h11-18,27-29,31-36,38-40,48-49,51-52,64H,7-10,19-26,30,37H2,1-6H3,(H,71,83)(H,72,81)(H,76,82)(H2,73,74,75,79,80)/t40-,48-,49-,51?,52?,64-/m0/s1. The molecular weight excluding hydrogens is 1200 g/mol. The highest BCUT2D eigenvalue weighted by molar-refractivity contribution is 8.00. The van der Waals surface area contributed by atoms with Gasteiger partial charge in [-0.05, 0) is 109 Å². The SMILES string of the molecule is COc1ccc(C2=CN3C(=O)c4cc(OC)c(OCCCOc5cc6c(cc5OC)CN5C=C(c7ccc(NC(=O)[C@H](C)NC(=O)[C@@H](NC(=O)c8cc9nc(c8)NC(=O)CCSC8CCCC(C8)SCCC(=O)N9)C(C)C)cc7)C[C@H]5C=N6)cc4N=C[C@@H]3C2)cc1. The van der Waals surface area contributed by atoms with E-state index >= 15 is 0 Å². The van der Waals surface area contributed by atoms with E-state index in [9.17, 15) is 28.8 Å². The highest BCUT2D eigenvalue weighted by atomic mass is 32.2. The Labute approximate surface area is 538 Å². The second kappa shape index (κ2) is 29.0. The van der Waals surface area contributed by atoms with E-state index in [1.807, 2.05) is 79.3 Å². The molecule has 11 rings (SSSR count). The molecule has 6 heterocycles. The molecule has 91 heavy (non-hydrogen) atoms. The Kier molecular flexibility index (Phi) is 20.3. The van der Waals surface area contributed by atoms with Gasteiger partial charge in [0.25, 0.3) is 11.8 Å². The van der Waals surface area contributed by atoms with Gasteiger partial charge in [-0.1, -0.05) is 44.5 Å². The molecule has 1 saturated carbocycles. The monoisotopic (exact) mass is 1270 g/mol. The molecule has 1 fully saturated rings. The number of fused-ring (bicyclic) bond motifs is 8. The topological polar surface area (TPSA) is 253 Å². The summed E-state index contributed by atoms with van der Waals surface area (Å²) in [6.45, 7) is 6.34. The van der Waals surface area contributed by atoms with Crippen molar-refractivity contribution >= 4 is 111 Å². The number of carbonyl (C=O) groups is 6. The Morgan fingerprint density at radius 3 is 1.90 bits per heavy atom. The molecule has 6 atom stereocenters. The molecule has 21 nitrogen and oxygen atoms in total. The highest BCUT2D eigenvalue weighted by Crippen LogP contribution is 2.43. The lowest BCUT2D eigenvalue weighted by Crippen LogP contribution is -2.53. The maximum Gasteiger partial charge on any atom is 0.260 e. The van der Waals surface area contributed by atoms with Crippen LogP contribution in [0.15, 0.2) is 107 Å². The maximum atomic E-state index is 13.9. The van der Waals surface area contributed by atoms with E-state index in [4.69, 9.17) is 33.7 Å². The number of ether oxygens (including phenoxy) is 5. The second-order valence-corrected chi connectivity index (χ2v) is 26.4. The molecule has 23 heteroatoms. The van der Waals surface area contributed by atoms with Crippen molar-refractivity contribution < 1.29 is 52.5 Å². The number of nitrogens with one attached hydrogen (secondary N) is 5. The van der Waals surface area contributed by atoms with E-state index < -0.39 is 29.8 Å². The van der Waals surface area contributed by atoms with Crippen LogP contribution in [0.1, 0.15) is 116 Å². The third kappa shape index (κ3) is 15.5. The molecule has 5 aromatic rings. The highest BCUT2D eigenvalue weighted by Gasteiger charge is 2.35. The second-order valence-electron chi connectivity index (χ2n) is 23.6. The first-order valence-corrected chi connectivity index (χ1v) is 33.0. The van der Waals surface area contributed by atoms with Crippen molar-refractivity contribution in [2.75, 3.05) is 62.0 Å². The third-order valence-corrected chi connectivity index (χ3v) is 19.5. The lowest BCUT2D eigenvalue weighted by Gasteiger charge is -2.28. The summed E-state index contributed by atoms with van der Waals surface area (Å²) in [5.74, 6) is 1.63. The average Bonchev–Trinajstić information content (AvgIpc) is 1.68. The molecule has 5 aliphatic heterocycles. The molecule has 1 aromatic heterocycles. The molecule has 1 aliphatic carbocycles. The van der Waals surface area contributed by atoms with Crippen LogP contribution >= 0.6 is 23.5 Å². The molecule has 4 bridgehead atoms. The van der Waals surface area contributed by atoms with Crippen LogP contribution in [0.25, 0.3) is 11.1 Å². The summed E-state index contributed by atoms with van der Waals surface area (Å²) in [6, 6.07) is 23.2. The van der Waals surface area contributed by atoms with E-state index in [2.05, 4.69) is 42.7 Å². The van der Waals surface area contributed by atoms with E-state index in [-0.39, 0.29) is 65.8 Å². The van der Waals surface area contributed by atoms with Crippen LogP contribution < -0.4 is 50.3 Å². The Bertz CT molecular complexity index is 3660. The first-order chi connectivity index (χ1) is 44.1. The molecule has 0 spiro atoms. The maximum absolute atomic E-state index is 13.9. The molecule has 0 saturated heterocycles. The summed E-state index contributed by atoms with van der Waals surface area (Å²) >= 11 is 3.61.